The second-order valence-corrected chi connectivity index (χ2v) is 13.6. The van der Waals surface area contributed by atoms with Crippen LogP contribution < -0.4 is 4.90 Å². The first-order valence-corrected chi connectivity index (χ1v) is 16.8. The van der Waals surface area contributed by atoms with E-state index in [-0.39, 0.29) is 35.6 Å². The summed E-state index contributed by atoms with van der Waals surface area (Å²) >= 11 is 0. The van der Waals surface area contributed by atoms with Gasteiger partial charge in [0.2, 0.25) is 11.8 Å². The van der Waals surface area contributed by atoms with Gasteiger partial charge in [-0.2, -0.15) is 0 Å². The highest BCUT2D eigenvalue weighted by molar-refractivity contribution is 6.32. The Balaban J connectivity index is 1.35. The van der Waals surface area contributed by atoms with Crippen LogP contribution in [0.1, 0.15) is 46.6 Å². The number of anilines is 1. The predicted octanol–water partition coefficient (Wildman–Crippen LogP) is 7.37. The molecule has 1 saturated heterocycles. The topological polar surface area (TPSA) is 91.8 Å². The number of hydrogen-bond acceptors (Lipinski definition) is 5. The van der Waals surface area contributed by atoms with E-state index < -0.39 is 35.0 Å². The molecule has 4 aromatic rings. The van der Waals surface area contributed by atoms with Crippen molar-refractivity contribution in [1.29, 1.82) is 0 Å². The van der Waals surface area contributed by atoms with Crippen LogP contribution in [0.4, 0.5) is 5.69 Å². The van der Waals surface area contributed by atoms with Crippen LogP contribution >= 0.6 is 0 Å². The van der Waals surface area contributed by atoms with Gasteiger partial charge in [0.05, 0.1) is 22.9 Å². The van der Waals surface area contributed by atoms with Gasteiger partial charge < -0.3 is 5.11 Å². The molecule has 3 aliphatic carbocycles. The number of imide groups is 1. The molecule has 1 aliphatic heterocycles. The van der Waals surface area contributed by atoms with E-state index in [1.54, 1.807) is 24.3 Å². The fourth-order valence-electron chi connectivity index (χ4n) is 9.12. The van der Waals surface area contributed by atoms with Gasteiger partial charge in [-0.1, -0.05) is 109 Å². The summed E-state index contributed by atoms with van der Waals surface area (Å²) in [6.45, 7) is 5.62. The number of phenolic OH excluding ortho intramolecular Hbond substituents is 1. The van der Waals surface area contributed by atoms with Crippen molar-refractivity contribution in [2.45, 2.75) is 31.1 Å². The zero-order chi connectivity index (χ0) is 34.0. The van der Waals surface area contributed by atoms with Crippen molar-refractivity contribution in [3.63, 3.8) is 0 Å². The molecule has 242 valence electrons. The zero-order valence-corrected chi connectivity index (χ0v) is 27.1. The molecular weight excluding hydrogens is 610 g/mol. The third-order valence-electron chi connectivity index (χ3n) is 11.3. The highest BCUT2D eigenvalue weighted by Crippen LogP contribution is 2.63. The van der Waals surface area contributed by atoms with Gasteiger partial charge in [-0.25, -0.2) is 0 Å². The monoisotopic (exact) mass is 645 g/mol. The Bertz CT molecular complexity index is 2110. The van der Waals surface area contributed by atoms with Gasteiger partial charge in [-0.05, 0) is 77.8 Å². The second-order valence-electron chi connectivity index (χ2n) is 13.6. The molecule has 0 bridgehead atoms. The van der Waals surface area contributed by atoms with Crippen LogP contribution in [0, 0.1) is 30.6 Å². The van der Waals surface area contributed by atoms with Crippen LogP contribution in [-0.4, -0.2) is 28.5 Å². The predicted molar refractivity (Wildman–Crippen MR) is 188 cm³/mol. The summed E-state index contributed by atoms with van der Waals surface area (Å²) < 4.78 is 0. The summed E-state index contributed by atoms with van der Waals surface area (Å²) in [5.41, 5.74) is 4.17. The van der Waals surface area contributed by atoms with E-state index in [2.05, 4.69) is 12.7 Å². The Hall–Kier alpha value is -5.62. The number of phenols is 1. The zero-order valence-electron chi connectivity index (χ0n) is 27.1. The Morgan fingerprint density at radius 3 is 2.20 bits per heavy atom. The molecule has 2 fully saturated rings. The Morgan fingerprint density at radius 2 is 1.53 bits per heavy atom. The number of hydrogen-bond donors (Lipinski definition) is 1. The number of fused-ring (bicyclic) bond motifs is 4. The minimum absolute atomic E-state index is 0.131. The lowest BCUT2D eigenvalue weighted by Crippen LogP contribution is -2.58. The summed E-state index contributed by atoms with van der Waals surface area (Å²) in [6.07, 6.45) is 5.88. The summed E-state index contributed by atoms with van der Waals surface area (Å²) in [4.78, 5) is 59.9. The molecule has 49 heavy (non-hydrogen) atoms. The summed E-state index contributed by atoms with van der Waals surface area (Å²) in [7, 11) is 0. The second kappa shape index (κ2) is 11.5. The van der Waals surface area contributed by atoms with Crippen molar-refractivity contribution in [3.8, 4) is 5.75 Å². The molecule has 1 N–H and O–H groups in total. The molecule has 6 nitrogen and oxygen atoms in total. The van der Waals surface area contributed by atoms with Crippen molar-refractivity contribution < 1.29 is 24.3 Å². The molecule has 4 aromatic carbocycles. The van der Waals surface area contributed by atoms with Crippen molar-refractivity contribution in [2.24, 2.45) is 23.7 Å². The van der Waals surface area contributed by atoms with Crippen LogP contribution in [0.25, 0.3) is 11.6 Å². The highest BCUT2D eigenvalue weighted by atomic mass is 16.3. The first kappa shape index (κ1) is 30.7. The first-order valence-electron chi connectivity index (χ1n) is 16.8. The number of amides is 2. The number of benzene rings is 4. The minimum atomic E-state index is -1.30. The van der Waals surface area contributed by atoms with Crippen LogP contribution in [0.3, 0.4) is 0 Å². The van der Waals surface area contributed by atoms with Crippen molar-refractivity contribution >= 4 is 40.7 Å². The highest BCUT2D eigenvalue weighted by Gasteiger charge is 2.66. The lowest BCUT2D eigenvalue weighted by Gasteiger charge is -2.55. The Labute approximate surface area is 285 Å². The number of aryl methyl sites for hydroxylation is 1. The number of allylic oxidation sites excluding steroid dienone is 4. The number of aromatic hydroxyl groups is 1. The third-order valence-corrected chi connectivity index (χ3v) is 11.3. The average Bonchev–Trinajstić information content (AvgIpc) is 3.39. The van der Waals surface area contributed by atoms with Gasteiger partial charge >= 0.3 is 0 Å². The van der Waals surface area contributed by atoms with Gasteiger partial charge in [-0.3, -0.25) is 24.1 Å². The van der Waals surface area contributed by atoms with Crippen molar-refractivity contribution in [3.05, 3.63) is 155 Å². The molecule has 4 aliphatic rings. The number of carbonyl (C=O) groups is 4. The van der Waals surface area contributed by atoms with Crippen LogP contribution in [0.15, 0.2) is 127 Å². The van der Waals surface area contributed by atoms with Crippen molar-refractivity contribution in [2.75, 3.05) is 4.90 Å². The average molecular weight is 646 g/mol. The van der Waals surface area contributed by atoms with E-state index in [4.69, 9.17) is 0 Å². The Kier molecular flexibility index (Phi) is 7.21. The quantitative estimate of drug-likeness (QED) is 0.181. The fraction of sp³-hybridized carbons (Fsp3) is 0.209. The van der Waals surface area contributed by atoms with E-state index in [0.29, 0.717) is 28.8 Å². The molecular formula is C43H35NO5. The molecule has 6 atom stereocenters. The summed E-state index contributed by atoms with van der Waals surface area (Å²) in [5, 5.41) is 10.6. The fourth-order valence-corrected chi connectivity index (χ4v) is 9.12. The summed E-state index contributed by atoms with van der Waals surface area (Å²) in [6, 6.07) is 31.3. The lowest BCUT2D eigenvalue weighted by molar-refractivity contribution is -0.135. The first-order chi connectivity index (χ1) is 23.7. The number of nitrogens with zero attached hydrogens (tertiary/aromatic N) is 1. The maximum Gasteiger partial charge on any atom is 0.238 e. The van der Waals surface area contributed by atoms with E-state index in [9.17, 15) is 19.5 Å². The number of Topliss-reactive ketones (excluding diaryl/α,β-unsaturated/α-hetero) is 1. The van der Waals surface area contributed by atoms with Crippen molar-refractivity contribution in [1.82, 2.24) is 0 Å². The number of ketones is 2. The molecule has 2 amide bonds. The SMILES string of the molecule is C=Cc1ccc(N2C(=O)[C@H]3[C@H](CC=C4[C@H]3C[C@H]3C(=O)C(c5ccccc5)=CC(=O)[C@@]3(c3ccccc3)[C@H]4c3ccc(O)c(C)c3)C2=O)cc1. The maximum atomic E-state index is 15.1. The largest absolute Gasteiger partial charge is 0.508 e. The normalized spacial score (nSPS) is 27.5. The third kappa shape index (κ3) is 4.47. The molecule has 0 aromatic heterocycles. The minimum Gasteiger partial charge on any atom is -0.508 e. The molecule has 1 heterocycles. The van der Waals surface area contributed by atoms with Crippen LogP contribution in [0.2, 0.25) is 0 Å². The van der Waals surface area contributed by atoms with E-state index >= 15 is 4.79 Å². The number of rotatable bonds is 5. The van der Waals surface area contributed by atoms with Gasteiger partial charge in [-0.15, -0.1) is 0 Å². The maximum absolute atomic E-state index is 15.1. The van der Waals surface area contributed by atoms with Crippen LogP contribution in [-0.2, 0) is 24.6 Å². The molecule has 6 heteroatoms. The summed E-state index contributed by atoms with van der Waals surface area (Å²) in [5.74, 6) is -3.86. The number of carbonyl (C=O) groups excluding carboxylic acids is 4. The Morgan fingerprint density at radius 1 is 0.837 bits per heavy atom. The van der Waals surface area contributed by atoms with Crippen LogP contribution in [0.5, 0.6) is 5.75 Å². The van der Waals surface area contributed by atoms with E-state index in [1.807, 2.05) is 91.9 Å². The molecule has 0 spiro atoms. The van der Waals surface area contributed by atoms with Gasteiger partial charge in [0.15, 0.2) is 11.6 Å². The van der Waals surface area contributed by atoms with Gasteiger partial charge in [0.25, 0.3) is 0 Å². The smallest absolute Gasteiger partial charge is 0.238 e. The van der Waals surface area contributed by atoms with E-state index in [0.717, 1.165) is 22.3 Å². The molecule has 8 rings (SSSR count). The molecule has 0 radical (unpaired) electrons. The molecule has 1 saturated carbocycles. The van der Waals surface area contributed by atoms with E-state index in [1.165, 1.54) is 11.0 Å². The standard InChI is InChI=1S/C43H35NO5/c1-3-26-14-17-30(18-15-26)44-41(48)32-20-19-31-34(38(32)42(44)49)23-35-40(47)33(27-10-6-4-7-11-27)24-37(46)43(35,29-12-8-5-9-13-29)39(31)28-16-21-36(45)25(2)22-28/h3-19,21-22,24,32,34-35,38-39,45H,1,20,23H2,2H3/t32-,34+,35-,38-,39-,43-/m0/s1. The van der Waals surface area contributed by atoms with Gasteiger partial charge in [0.1, 0.15) is 5.75 Å². The molecule has 0 unspecified atom stereocenters. The van der Waals surface area contributed by atoms with Gasteiger partial charge in [0, 0.05) is 17.4 Å². The lowest BCUT2D eigenvalue weighted by atomic mass is 9.44.